The number of aromatic nitrogens is 2. The number of benzene rings is 1. The maximum atomic E-state index is 12.9. The Hall–Kier alpha value is -1.74. The van der Waals surface area contributed by atoms with Gasteiger partial charge in [-0.2, -0.15) is 0 Å². The molecule has 0 radical (unpaired) electrons. The van der Waals surface area contributed by atoms with Crippen LogP contribution in [0.15, 0.2) is 23.4 Å². The summed E-state index contributed by atoms with van der Waals surface area (Å²) in [6.45, 7) is 6.52. The SMILES string of the molecule is CCOc1ccc2nc(SCC(=O)N(C(C)CC)C3CCS(=O)(=O)C3)[nH]c2c1. The molecule has 2 aromatic rings. The molecule has 154 valence electrons. The highest BCUT2D eigenvalue weighted by Crippen LogP contribution is 2.26. The van der Waals surface area contributed by atoms with Crippen molar-refractivity contribution in [3.05, 3.63) is 18.2 Å². The average Bonchev–Trinajstić information content (AvgIpc) is 3.22. The van der Waals surface area contributed by atoms with Crippen LogP contribution in [0.4, 0.5) is 0 Å². The molecular formula is C19H27N3O4S2. The van der Waals surface area contributed by atoms with Gasteiger partial charge >= 0.3 is 0 Å². The van der Waals surface area contributed by atoms with Crippen molar-refractivity contribution in [2.24, 2.45) is 0 Å². The van der Waals surface area contributed by atoms with Crippen molar-refractivity contribution in [2.75, 3.05) is 23.9 Å². The van der Waals surface area contributed by atoms with E-state index in [0.29, 0.717) is 18.2 Å². The van der Waals surface area contributed by atoms with Crippen molar-refractivity contribution >= 4 is 38.5 Å². The van der Waals surface area contributed by atoms with E-state index >= 15 is 0 Å². The molecule has 1 fully saturated rings. The summed E-state index contributed by atoms with van der Waals surface area (Å²) in [5, 5.41) is 0.667. The van der Waals surface area contributed by atoms with Gasteiger partial charge < -0.3 is 14.6 Å². The molecule has 1 N–H and O–H groups in total. The third-order valence-corrected chi connectivity index (χ3v) is 7.64. The number of imidazole rings is 1. The molecular weight excluding hydrogens is 398 g/mol. The molecule has 1 aromatic heterocycles. The molecule has 3 rings (SSSR count). The predicted molar refractivity (Wildman–Crippen MR) is 112 cm³/mol. The number of aromatic amines is 1. The molecule has 0 spiro atoms. The Labute approximate surface area is 170 Å². The molecule has 1 amide bonds. The zero-order chi connectivity index (χ0) is 20.3. The lowest BCUT2D eigenvalue weighted by atomic mass is 10.1. The summed E-state index contributed by atoms with van der Waals surface area (Å²) >= 11 is 1.34. The van der Waals surface area contributed by atoms with Crippen LogP contribution in [-0.2, 0) is 14.6 Å². The van der Waals surface area contributed by atoms with E-state index in [-0.39, 0.29) is 35.2 Å². The van der Waals surface area contributed by atoms with Gasteiger partial charge in [0.15, 0.2) is 15.0 Å². The highest BCUT2D eigenvalue weighted by atomic mass is 32.2. The summed E-state index contributed by atoms with van der Waals surface area (Å²) in [5.74, 6) is 1.18. The fourth-order valence-electron chi connectivity index (χ4n) is 3.50. The highest BCUT2D eigenvalue weighted by molar-refractivity contribution is 7.99. The Balaban J connectivity index is 1.69. The van der Waals surface area contributed by atoms with E-state index in [9.17, 15) is 13.2 Å². The van der Waals surface area contributed by atoms with Crippen LogP contribution in [0.3, 0.4) is 0 Å². The minimum absolute atomic E-state index is 0.0100. The van der Waals surface area contributed by atoms with Crippen LogP contribution >= 0.6 is 11.8 Å². The molecule has 0 aliphatic carbocycles. The Bertz CT molecular complexity index is 942. The zero-order valence-electron chi connectivity index (χ0n) is 16.5. The molecule has 2 unspecified atom stereocenters. The number of rotatable bonds is 8. The van der Waals surface area contributed by atoms with E-state index in [1.165, 1.54) is 11.8 Å². The van der Waals surface area contributed by atoms with Crippen molar-refractivity contribution in [3.63, 3.8) is 0 Å². The first kappa shape index (κ1) is 21.0. The number of sulfone groups is 1. The van der Waals surface area contributed by atoms with Gasteiger partial charge in [0, 0.05) is 18.2 Å². The lowest BCUT2D eigenvalue weighted by Crippen LogP contribution is -2.47. The van der Waals surface area contributed by atoms with Gasteiger partial charge in [-0.05, 0) is 38.8 Å². The summed E-state index contributed by atoms with van der Waals surface area (Å²) < 4.78 is 29.2. The molecule has 2 atom stereocenters. The van der Waals surface area contributed by atoms with Gasteiger partial charge in [0.05, 0.1) is 34.9 Å². The third-order valence-electron chi connectivity index (χ3n) is 5.03. The quantitative estimate of drug-likeness (QED) is 0.654. The lowest BCUT2D eigenvalue weighted by Gasteiger charge is -2.33. The standard InChI is InChI=1S/C19H27N3O4S2/c1-4-13(3)22(14-8-9-28(24,25)12-14)18(23)11-27-19-20-16-7-6-15(26-5-2)10-17(16)21-19/h6-7,10,13-14H,4-5,8-9,11-12H2,1-3H3,(H,20,21). The normalized spacial score (nSPS) is 19.6. The minimum atomic E-state index is -3.04. The van der Waals surface area contributed by atoms with Gasteiger partial charge in [-0.15, -0.1) is 0 Å². The van der Waals surface area contributed by atoms with Crippen molar-refractivity contribution < 1.29 is 17.9 Å². The second kappa shape index (κ2) is 8.73. The van der Waals surface area contributed by atoms with E-state index < -0.39 is 9.84 Å². The smallest absolute Gasteiger partial charge is 0.233 e. The number of thioether (sulfide) groups is 1. The van der Waals surface area contributed by atoms with Gasteiger partial charge in [0.2, 0.25) is 5.91 Å². The molecule has 1 saturated heterocycles. The average molecular weight is 426 g/mol. The first-order chi connectivity index (χ1) is 13.3. The van der Waals surface area contributed by atoms with Crippen molar-refractivity contribution in [2.45, 2.75) is 50.9 Å². The van der Waals surface area contributed by atoms with Crippen LogP contribution in [0, 0.1) is 0 Å². The van der Waals surface area contributed by atoms with Gasteiger partial charge in [0.1, 0.15) is 5.75 Å². The molecule has 1 aliphatic rings. The summed E-state index contributed by atoms with van der Waals surface area (Å²) in [6, 6.07) is 5.44. The number of ether oxygens (including phenoxy) is 1. The molecule has 2 heterocycles. The number of H-pyrrole nitrogens is 1. The Morgan fingerprint density at radius 3 is 2.86 bits per heavy atom. The second-order valence-electron chi connectivity index (χ2n) is 7.06. The number of hydrogen-bond donors (Lipinski definition) is 1. The Morgan fingerprint density at radius 2 is 2.21 bits per heavy atom. The predicted octanol–water partition coefficient (Wildman–Crippen LogP) is 2.87. The van der Waals surface area contributed by atoms with E-state index in [4.69, 9.17) is 4.74 Å². The maximum Gasteiger partial charge on any atom is 0.233 e. The van der Waals surface area contributed by atoms with Gasteiger partial charge in [-0.1, -0.05) is 18.7 Å². The van der Waals surface area contributed by atoms with Gasteiger partial charge in [0.25, 0.3) is 0 Å². The minimum Gasteiger partial charge on any atom is -0.494 e. The van der Waals surface area contributed by atoms with Gasteiger partial charge in [-0.25, -0.2) is 13.4 Å². The molecule has 1 aliphatic heterocycles. The first-order valence-corrected chi connectivity index (χ1v) is 12.4. The largest absolute Gasteiger partial charge is 0.494 e. The zero-order valence-corrected chi connectivity index (χ0v) is 18.1. The van der Waals surface area contributed by atoms with Crippen molar-refractivity contribution in [1.82, 2.24) is 14.9 Å². The summed E-state index contributed by atoms with van der Waals surface area (Å²) in [6.07, 6.45) is 1.31. The molecule has 0 saturated carbocycles. The van der Waals surface area contributed by atoms with E-state index in [1.54, 1.807) is 4.90 Å². The summed E-state index contributed by atoms with van der Waals surface area (Å²) in [4.78, 5) is 22.4. The van der Waals surface area contributed by atoms with Crippen molar-refractivity contribution in [1.29, 1.82) is 0 Å². The summed E-state index contributed by atoms with van der Waals surface area (Å²) in [7, 11) is -3.04. The molecule has 7 nitrogen and oxygen atoms in total. The number of fused-ring (bicyclic) bond motifs is 1. The fraction of sp³-hybridized carbons (Fsp3) is 0.579. The Kier molecular flexibility index (Phi) is 6.54. The molecule has 9 heteroatoms. The lowest BCUT2D eigenvalue weighted by molar-refractivity contribution is -0.132. The number of amides is 1. The van der Waals surface area contributed by atoms with Crippen LogP contribution in [0.2, 0.25) is 0 Å². The van der Waals surface area contributed by atoms with Crippen LogP contribution in [0.25, 0.3) is 11.0 Å². The number of hydrogen-bond acceptors (Lipinski definition) is 6. The van der Waals surface area contributed by atoms with Crippen LogP contribution < -0.4 is 4.74 Å². The van der Waals surface area contributed by atoms with E-state index in [0.717, 1.165) is 23.2 Å². The topological polar surface area (TPSA) is 92.4 Å². The molecule has 1 aromatic carbocycles. The first-order valence-electron chi connectivity index (χ1n) is 9.60. The van der Waals surface area contributed by atoms with E-state index in [2.05, 4.69) is 9.97 Å². The van der Waals surface area contributed by atoms with Crippen LogP contribution in [0.1, 0.15) is 33.6 Å². The monoisotopic (exact) mass is 425 g/mol. The Morgan fingerprint density at radius 1 is 1.43 bits per heavy atom. The number of carbonyl (C=O) groups excluding carboxylic acids is 1. The molecule has 28 heavy (non-hydrogen) atoms. The maximum absolute atomic E-state index is 12.9. The van der Waals surface area contributed by atoms with Crippen LogP contribution in [-0.4, -0.2) is 65.1 Å². The number of carbonyl (C=O) groups is 1. The van der Waals surface area contributed by atoms with Gasteiger partial charge in [-0.3, -0.25) is 4.79 Å². The number of nitrogens with one attached hydrogen (secondary N) is 1. The van der Waals surface area contributed by atoms with Crippen molar-refractivity contribution in [3.8, 4) is 5.75 Å². The third kappa shape index (κ3) is 4.81. The fourth-order valence-corrected chi connectivity index (χ4v) is 5.96. The second-order valence-corrected chi connectivity index (χ2v) is 10.3. The number of nitrogens with zero attached hydrogens (tertiary/aromatic N) is 2. The van der Waals surface area contributed by atoms with Crippen LogP contribution in [0.5, 0.6) is 5.75 Å². The molecule has 0 bridgehead atoms. The summed E-state index contributed by atoms with van der Waals surface area (Å²) in [5.41, 5.74) is 1.68. The van der Waals surface area contributed by atoms with E-state index in [1.807, 2.05) is 39.0 Å². The highest BCUT2D eigenvalue weighted by Gasteiger charge is 2.36.